The fourth-order valence-corrected chi connectivity index (χ4v) is 3.80. The number of amides is 2. The van der Waals surface area contributed by atoms with E-state index in [1.165, 1.54) is 24.3 Å². The zero-order valence-electron chi connectivity index (χ0n) is 15.1. The van der Waals surface area contributed by atoms with Crippen LogP contribution in [0.3, 0.4) is 0 Å². The molecule has 0 spiro atoms. The molecule has 27 heavy (non-hydrogen) atoms. The summed E-state index contributed by atoms with van der Waals surface area (Å²) in [5, 5.41) is 2.78. The van der Waals surface area contributed by atoms with Gasteiger partial charge < -0.3 is 10.2 Å². The smallest absolute Gasteiger partial charge is 0.252 e. The van der Waals surface area contributed by atoms with E-state index in [4.69, 9.17) is 0 Å². The maximum Gasteiger partial charge on any atom is 0.252 e. The molecule has 3 rings (SSSR count). The molecule has 142 valence electrons. The molecule has 2 aromatic rings. The summed E-state index contributed by atoms with van der Waals surface area (Å²) < 4.78 is 23.5. The first-order chi connectivity index (χ1) is 12.9. The number of rotatable bonds is 5. The molecule has 6 nitrogen and oxygen atoms in total. The van der Waals surface area contributed by atoms with E-state index in [1.807, 2.05) is 18.2 Å². The molecule has 0 unspecified atom stereocenters. The van der Waals surface area contributed by atoms with E-state index in [0.29, 0.717) is 18.7 Å². The van der Waals surface area contributed by atoms with Gasteiger partial charge >= 0.3 is 0 Å². The second-order valence-corrected chi connectivity index (χ2v) is 8.67. The molecular formula is C20H22N2O4S. The van der Waals surface area contributed by atoms with Crippen molar-refractivity contribution in [3.8, 4) is 0 Å². The third-order valence-corrected chi connectivity index (χ3v) is 5.71. The lowest BCUT2D eigenvalue weighted by molar-refractivity contribution is -0.132. The van der Waals surface area contributed by atoms with Gasteiger partial charge in [-0.3, -0.25) is 9.59 Å². The molecular weight excluding hydrogens is 364 g/mol. The van der Waals surface area contributed by atoms with Crippen LogP contribution in [-0.2, 0) is 14.6 Å². The summed E-state index contributed by atoms with van der Waals surface area (Å²) in [4.78, 5) is 27.5. The second-order valence-electron chi connectivity index (χ2n) is 6.65. The quantitative estimate of drug-likeness (QED) is 0.854. The van der Waals surface area contributed by atoms with Crippen molar-refractivity contribution in [3.05, 3.63) is 65.7 Å². The summed E-state index contributed by atoms with van der Waals surface area (Å²) >= 11 is 0. The van der Waals surface area contributed by atoms with Crippen LogP contribution in [0.1, 0.15) is 34.8 Å². The van der Waals surface area contributed by atoms with Crippen LogP contribution in [0, 0.1) is 0 Å². The zero-order chi connectivity index (χ0) is 19.4. The van der Waals surface area contributed by atoms with Crippen LogP contribution in [-0.4, -0.2) is 44.5 Å². The Labute approximate surface area is 159 Å². The number of nitrogens with zero attached hydrogens (tertiary/aromatic N) is 1. The van der Waals surface area contributed by atoms with Crippen LogP contribution in [0.25, 0.3) is 0 Å². The Kier molecular flexibility index (Phi) is 5.60. The van der Waals surface area contributed by atoms with E-state index < -0.39 is 21.8 Å². The summed E-state index contributed by atoms with van der Waals surface area (Å²) in [6.45, 7) is 1.36. The van der Waals surface area contributed by atoms with Crippen LogP contribution in [0.15, 0.2) is 59.5 Å². The first-order valence-electron chi connectivity index (χ1n) is 8.81. The van der Waals surface area contributed by atoms with Crippen molar-refractivity contribution in [3.63, 3.8) is 0 Å². The first kappa shape index (κ1) is 19.1. The molecule has 0 radical (unpaired) electrons. The predicted molar refractivity (Wildman–Crippen MR) is 102 cm³/mol. The van der Waals surface area contributed by atoms with Gasteiger partial charge in [0.25, 0.3) is 5.91 Å². The zero-order valence-corrected chi connectivity index (χ0v) is 15.9. The monoisotopic (exact) mass is 386 g/mol. The van der Waals surface area contributed by atoms with Gasteiger partial charge in [-0.25, -0.2) is 8.42 Å². The summed E-state index contributed by atoms with van der Waals surface area (Å²) in [7, 11) is -3.42. The highest BCUT2D eigenvalue weighted by molar-refractivity contribution is 7.90. The fourth-order valence-electron chi connectivity index (χ4n) is 3.14. The van der Waals surface area contributed by atoms with Crippen molar-refractivity contribution in [1.29, 1.82) is 0 Å². The van der Waals surface area contributed by atoms with E-state index >= 15 is 0 Å². The molecule has 1 aliphatic rings. The van der Waals surface area contributed by atoms with Crippen LogP contribution in [0.5, 0.6) is 0 Å². The molecule has 0 saturated carbocycles. The lowest BCUT2D eigenvalue weighted by atomic mass is 10.0. The van der Waals surface area contributed by atoms with Crippen LogP contribution in [0.4, 0.5) is 0 Å². The second kappa shape index (κ2) is 7.92. The van der Waals surface area contributed by atoms with Gasteiger partial charge in [-0.2, -0.15) is 0 Å². The Hall–Kier alpha value is -2.67. The summed E-state index contributed by atoms with van der Waals surface area (Å²) in [6, 6.07) is 14.1. The number of benzene rings is 2. The van der Waals surface area contributed by atoms with Gasteiger partial charge in [-0.05, 0) is 36.6 Å². The largest absolute Gasteiger partial charge is 0.341 e. The Morgan fingerprint density at radius 1 is 1.00 bits per heavy atom. The summed E-state index contributed by atoms with van der Waals surface area (Å²) in [5.41, 5.74) is 0.898. The van der Waals surface area contributed by atoms with Gasteiger partial charge in [-0.1, -0.05) is 36.4 Å². The van der Waals surface area contributed by atoms with Gasteiger partial charge in [-0.15, -0.1) is 0 Å². The number of nitrogens with one attached hydrogen (secondary N) is 1. The van der Waals surface area contributed by atoms with Crippen LogP contribution < -0.4 is 5.32 Å². The third-order valence-electron chi connectivity index (χ3n) is 4.60. The first-order valence-corrected chi connectivity index (χ1v) is 10.7. The Balaban J connectivity index is 1.88. The Bertz CT molecular complexity index is 935. The Morgan fingerprint density at radius 3 is 2.30 bits per heavy atom. The number of sulfone groups is 1. The molecule has 2 aromatic carbocycles. The van der Waals surface area contributed by atoms with E-state index in [1.54, 1.807) is 17.0 Å². The minimum absolute atomic E-state index is 0.0669. The van der Waals surface area contributed by atoms with Crippen molar-refractivity contribution in [2.75, 3.05) is 19.3 Å². The summed E-state index contributed by atoms with van der Waals surface area (Å²) in [5.74, 6) is -0.631. The van der Waals surface area contributed by atoms with Crippen molar-refractivity contribution in [1.82, 2.24) is 10.2 Å². The maximum atomic E-state index is 13.0. The topological polar surface area (TPSA) is 83.5 Å². The van der Waals surface area contributed by atoms with Gasteiger partial charge in [0.05, 0.1) is 4.90 Å². The lowest BCUT2D eigenvalue weighted by Gasteiger charge is -2.24. The molecule has 0 aromatic heterocycles. The van der Waals surface area contributed by atoms with E-state index in [0.717, 1.165) is 19.1 Å². The van der Waals surface area contributed by atoms with Gasteiger partial charge in [0.2, 0.25) is 5.91 Å². The highest BCUT2D eigenvalue weighted by Gasteiger charge is 2.29. The maximum absolute atomic E-state index is 13.0. The minimum atomic E-state index is -3.42. The fraction of sp³-hybridized carbons (Fsp3) is 0.300. The van der Waals surface area contributed by atoms with E-state index in [-0.39, 0.29) is 16.4 Å². The molecule has 1 aliphatic heterocycles. The molecule has 2 amide bonds. The van der Waals surface area contributed by atoms with Gasteiger partial charge in [0.1, 0.15) is 6.04 Å². The molecule has 1 N–H and O–H groups in total. The molecule has 1 atom stereocenters. The Morgan fingerprint density at radius 2 is 1.67 bits per heavy atom. The van der Waals surface area contributed by atoms with Gasteiger partial charge in [0.15, 0.2) is 9.84 Å². The molecule has 7 heteroatoms. The molecule has 0 bridgehead atoms. The molecule has 1 fully saturated rings. The number of carbonyl (C=O) groups excluding carboxylic acids is 2. The third kappa shape index (κ3) is 4.54. The lowest BCUT2D eigenvalue weighted by Crippen LogP contribution is -2.41. The van der Waals surface area contributed by atoms with Crippen LogP contribution in [0.2, 0.25) is 0 Å². The van der Waals surface area contributed by atoms with E-state index in [9.17, 15) is 18.0 Å². The highest BCUT2D eigenvalue weighted by atomic mass is 32.2. The number of likely N-dealkylation sites (tertiary alicyclic amines) is 1. The van der Waals surface area contributed by atoms with Crippen molar-refractivity contribution in [2.45, 2.75) is 23.8 Å². The van der Waals surface area contributed by atoms with Crippen molar-refractivity contribution >= 4 is 21.7 Å². The summed E-state index contributed by atoms with van der Waals surface area (Å²) in [6.07, 6.45) is 3.00. The minimum Gasteiger partial charge on any atom is -0.341 e. The van der Waals surface area contributed by atoms with Gasteiger partial charge in [0, 0.05) is 24.9 Å². The predicted octanol–water partition coefficient (Wildman–Crippen LogP) is 2.18. The molecule has 1 heterocycles. The molecule has 1 saturated heterocycles. The standard InChI is InChI=1S/C20H22N2O4S/c1-27(25,26)17-11-7-10-16(14-17)19(23)21-18(15-8-3-2-4-9-15)20(24)22-12-5-6-13-22/h2-4,7-11,14,18H,5-6,12-13H2,1H3,(H,21,23)/t18-/m0/s1. The SMILES string of the molecule is CS(=O)(=O)c1cccc(C(=O)N[C@H](C(=O)N2CCCC2)c2ccccc2)c1. The van der Waals surface area contributed by atoms with Crippen LogP contribution >= 0.6 is 0 Å². The number of hydrogen-bond acceptors (Lipinski definition) is 4. The average molecular weight is 386 g/mol. The highest BCUT2D eigenvalue weighted by Crippen LogP contribution is 2.20. The normalized spacial score (nSPS) is 15.4. The average Bonchev–Trinajstić information content (AvgIpc) is 3.20. The number of hydrogen-bond donors (Lipinski definition) is 1. The van der Waals surface area contributed by atoms with E-state index in [2.05, 4.69) is 5.32 Å². The van der Waals surface area contributed by atoms with Crippen molar-refractivity contribution in [2.24, 2.45) is 0 Å². The van der Waals surface area contributed by atoms with Crippen molar-refractivity contribution < 1.29 is 18.0 Å². The molecule has 0 aliphatic carbocycles. The number of carbonyl (C=O) groups is 2.